The number of nitrogens with zero attached hydrogens (tertiary/aromatic N) is 1. The van der Waals surface area contributed by atoms with Gasteiger partial charge in [-0.1, -0.05) is 41.4 Å². The van der Waals surface area contributed by atoms with Crippen LogP contribution in [0, 0.1) is 11.3 Å². The van der Waals surface area contributed by atoms with Crippen LogP contribution in [-0.2, 0) is 11.4 Å². The van der Waals surface area contributed by atoms with E-state index in [1.54, 1.807) is 61.7 Å². The molecule has 0 atom stereocenters. The number of nitrogens with one attached hydrogen (secondary N) is 1. The van der Waals surface area contributed by atoms with Gasteiger partial charge in [0.15, 0.2) is 11.5 Å². The topological polar surface area (TPSA) is 71.3 Å². The van der Waals surface area contributed by atoms with Gasteiger partial charge in [-0.2, -0.15) is 5.26 Å². The Kier molecular flexibility index (Phi) is 7.55. The number of hydrogen-bond acceptors (Lipinski definition) is 4. The van der Waals surface area contributed by atoms with Gasteiger partial charge in [-0.3, -0.25) is 4.79 Å². The van der Waals surface area contributed by atoms with Gasteiger partial charge in [0.25, 0.3) is 5.91 Å². The fraction of sp³-hybridized carbons (Fsp3) is 0.0833. The van der Waals surface area contributed by atoms with Crippen LogP contribution in [0.3, 0.4) is 0 Å². The Balaban J connectivity index is 1.78. The monoisotopic (exact) mass is 452 g/mol. The van der Waals surface area contributed by atoms with E-state index < -0.39 is 5.91 Å². The summed E-state index contributed by atoms with van der Waals surface area (Å²) in [5.41, 5.74) is 2.04. The van der Waals surface area contributed by atoms with E-state index in [4.69, 9.17) is 32.7 Å². The molecule has 0 aliphatic rings. The highest BCUT2D eigenvalue weighted by atomic mass is 35.5. The zero-order chi connectivity index (χ0) is 22.2. The van der Waals surface area contributed by atoms with E-state index >= 15 is 0 Å². The lowest BCUT2D eigenvalue weighted by molar-refractivity contribution is -0.112. The zero-order valence-corrected chi connectivity index (χ0v) is 18.1. The van der Waals surface area contributed by atoms with Crippen LogP contribution in [0.4, 0.5) is 5.69 Å². The SMILES string of the molecule is COc1ccc(/C=C(\C#N)C(=O)Nc2ccc(Cl)cc2)cc1OCc1ccc(Cl)cc1. The first kappa shape index (κ1) is 22.2. The van der Waals surface area contributed by atoms with Crippen LogP contribution in [0.5, 0.6) is 11.5 Å². The minimum Gasteiger partial charge on any atom is -0.493 e. The van der Waals surface area contributed by atoms with Gasteiger partial charge in [0, 0.05) is 15.7 Å². The van der Waals surface area contributed by atoms with Crippen LogP contribution in [0.1, 0.15) is 11.1 Å². The third-order valence-electron chi connectivity index (χ3n) is 4.27. The maximum absolute atomic E-state index is 12.5. The second kappa shape index (κ2) is 10.5. The van der Waals surface area contributed by atoms with Crippen LogP contribution in [0.15, 0.2) is 72.3 Å². The molecule has 0 unspecified atom stereocenters. The van der Waals surface area contributed by atoms with E-state index in [0.717, 1.165) is 5.56 Å². The van der Waals surface area contributed by atoms with Gasteiger partial charge in [-0.25, -0.2) is 0 Å². The molecule has 31 heavy (non-hydrogen) atoms. The number of methoxy groups -OCH3 is 1. The Morgan fingerprint density at radius 2 is 1.65 bits per heavy atom. The van der Waals surface area contributed by atoms with Crippen LogP contribution in [0.2, 0.25) is 10.0 Å². The summed E-state index contributed by atoms with van der Waals surface area (Å²) >= 11 is 11.8. The quantitative estimate of drug-likeness (QED) is 0.345. The maximum Gasteiger partial charge on any atom is 0.266 e. The molecule has 0 fully saturated rings. The van der Waals surface area contributed by atoms with Gasteiger partial charge >= 0.3 is 0 Å². The van der Waals surface area contributed by atoms with Crippen molar-refractivity contribution in [1.82, 2.24) is 0 Å². The molecule has 1 amide bonds. The molecule has 7 heteroatoms. The van der Waals surface area contributed by atoms with Crippen molar-refractivity contribution in [3.8, 4) is 17.6 Å². The summed E-state index contributed by atoms with van der Waals surface area (Å²) in [5, 5.41) is 13.3. The molecule has 3 aromatic rings. The first-order valence-corrected chi connectivity index (χ1v) is 9.98. The van der Waals surface area contributed by atoms with Crippen molar-refractivity contribution >= 4 is 40.9 Å². The average molecular weight is 453 g/mol. The molecule has 0 spiro atoms. The Morgan fingerprint density at radius 1 is 1.00 bits per heavy atom. The molecule has 0 saturated carbocycles. The molecule has 0 aliphatic carbocycles. The van der Waals surface area contributed by atoms with Crippen LogP contribution >= 0.6 is 23.2 Å². The minimum absolute atomic E-state index is 0.0521. The first-order chi connectivity index (χ1) is 15.0. The summed E-state index contributed by atoms with van der Waals surface area (Å²) in [6.45, 7) is 0.308. The number of anilines is 1. The number of nitriles is 1. The lowest BCUT2D eigenvalue weighted by Gasteiger charge is -2.12. The highest BCUT2D eigenvalue weighted by molar-refractivity contribution is 6.30. The van der Waals surface area contributed by atoms with E-state index in [1.165, 1.54) is 6.08 Å². The van der Waals surface area contributed by atoms with Crippen molar-refractivity contribution in [1.29, 1.82) is 5.26 Å². The summed E-state index contributed by atoms with van der Waals surface area (Å²) in [5.74, 6) is 0.501. The van der Waals surface area contributed by atoms with Gasteiger partial charge in [0.05, 0.1) is 7.11 Å². The van der Waals surface area contributed by atoms with Crippen molar-refractivity contribution in [3.63, 3.8) is 0 Å². The Morgan fingerprint density at radius 3 is 2.26 bits per heavy atom. The maximum atomic E-state index is 12.5. The smallest absolute Gasteiger partial charge is 0.266 e. The number of rotatable bonds is 7. The van der Waals surface area contributed by atoms with E-state index in [0.29, 0.717) is 39.4 Å². The number of amides is 1. The Labute approximate surface area is 190 Å². The summed E-state index contributed by atoms with van der Waals surface area (Å²) in [7, 11) is 1.54. The average Bonchev–Trinajstić information content (AvgIpc) is 2.78. The molecule has 3 rings (SSSR count). The number of benzene rings is 3. The van der Waals surface area contributed by atoms with Crippen molar-refractivity contribution in [2.24, 2.45) is 0 Å². The van der Waals surface area contributed by atoms with Gasteiger partial charge in [0.2, 0.25) is 0 Å². The normalized spacial score (nSPS) is 10.8. The fourth-order valence-electron chi connectivity index (χ4n) is 2.68. The predicted octanol–water partition coefficient (Wildman–Crippen LogP) is 6.13. The third kappa shape index (κ3) is 6.26. The van der Waals surface area contributed by atoms with Gasteiger partial charge in [-0.05, 0) is 65.7 Å². The summed E-state index contributed by atoms with van der Waals surface area (Å²) in [4.78, 5) is 12.5. The minimum atomic E-state index is -0.524. The molecular weight excluding hydrogens is 435 g/mol. The van der Waals surface area contributed by atoms with E-state index in [2.05, 4.69) is 5.32 Å². The lowest BCUT2D eigenvalue weighted by Crippen LogP contribution is -2.13. The zero-order valence-electron chi connectivity index (χ0n) is 16.6. The van der Waals surface area contributed by atoms with E-state index in [1.807, 2.05) is 18.2 Å². The number of carbonyl (C=O) groups excluding carboxylic acids is 1. The second-order valence-electron chi connectivity index (χ2n) is 6.46. The van der Waals surface area contributed by atoms with Crippen molar-refractivity contribution in [2.75, 3.05) is 12.4 Å². The van der Waals surface area contributed by atoms with Gasteiger partial charge < -0.3 is 14.8 Å². The van der Waals surface area contributed by atoms with E-state index in [9.17, 15) is 10.1 Å². The molecule has 5 nitrogen and oxygen atoms in total. The van der Waals surface area contributed by atoms with Crippen molar-refractivity contribution in [3.05, 3.63) is 93.5 Å². The van der Waals surface area contributed by atoms with Crippen molar-refractivity contribution < 1.29 is 14.3 Å². The number of carbonyl (C=O) groups is 1. The van der Waals surface area contributed by atoms with Crippen LogP contribution in [-0.4, -0.2) is 13.0 Å². The second-order valence-corrected chi connectivity index (χ2v) is 7.33. The van der Waals surface area contributed by atoms with Crippen LogP contribution in [0.25, 0.3) is 6.08 Å². The Bertz CT molecular complexity index is 1130. The largest absolute Gasteiger partial charge is 0.493 e. The molecular formula is C24H18Cl2N2O3. The summed E-state index contributed by atoms with van der Waals surface area (Å²) in [6, 6.07) is 21.0. The van der Waals surface area contributed by atoms with Crippen LogP contribution < -0.4 is 14.8 Å². The molecule has 1 N–H and O–H groups in total. The highest BCUT2D eigenvalue weighted by Gasteiger charge is 2.11. The molecule has 156 valence electrons. The standard InChI is InChI=1S/C24H18Cl2N2O3/c1-30-22-11-4-17(13-23(22)31-15-16-2-5-19(25)6-3-16)12-18(14-27)24(29)28-21-9-7-20(26)8-10-21/h2-13H,15H2,1H3,(H,28,29)/b18-12+. The molecule has 3 aromatic carbocycles. The third-order valence-corrected chi connectivity index (χ3v) is 4.78. The summed E-state index contributed by atoms with van der Waals surface area (Å²) in [6.07, 6.45) is 1.49. The lowest BCUT2D eigenvalue weighted by atomic mass is 10.1. The fourth-order valence-corrected chi connectivity index (χ4v) is 2.94. The molecule has 0 aromatic heterocycles. The predicted molar refractivity (Wildman–Crippen MR) is 122 cm³/mol. The number of ether oxygens (including phenoxy) is 2. The molecule has 0 radical (unpaired) electrons. The summed E-state index contributed by atoms with van der Waals surface area (Å²) < 4.78 is 11.2. The van der Waals surface area contributed by atoms with Gasteiger partial charge in [-0.15, -0.1) is 0 Å². The molecule has 0 bridgehead atoms. The molecule has 0 saturated heterocycles. The highest BCUT2D eigenvalue weighted by Crippen LogP contribution is 2.30. The number of hydrogen-bond donors (Lipinski definition) is 1. The van der Waals surface area contributed by atoms with Gasteiger partial charge in [0.1, 0.15) is 18.2 Å². The van der Waals surface area contributed by atoms with Crippen molar-refractivity contribution in [2.45, 2.75) is 6.61 Å². The first-order valence-electron chi connectivity index (χ1n) is 9.22. The molecule has 0 heterocycles. The molecule has 0 aliphatic heterocycles. The number of halogens is 2. The Hall–Kier alpha value is -3.46. The van der Waals surface area contributed by atoms with E-state index in [-0.39, 0.29) is 5.57 Å².